The normalized spacial score (nSPS) is 16.8. The quantitative estimate of drug-likeness (QED) is 0.487. The molecule has 0 radical (unpaired) electrons. The minimum absolute atomic E-state index is 0.206. The fraction of sp³-hybridized carbons (Fsp3) is 0.357. The van der Waals surface area contributed by atoms with Crippen molar-refractivity contribution < 1.29 is 19.1 Å². The average Bonchev–Trinajstić information content (AvgIpc) is 3.35. The number of ketones is 1. The maximum atomic E-state index is 13.3. The maximum Gasteiger partial charge on any atom is 0.318 e. The predicted octanol–water partition coefficient (Wildman–Crippen LogP) is 4.81. The number of ether oxygens (including phenoxy) is 2. The molecule has 2 aliphatic rings. The number of fused-ring (bicyclic) bond motifs is 2. The number of Topliss-reactive ketones (excluding diaryl/α,β-unsaturated/α-hetero) is 1. The number of urea groups is 1. The van der Waals surface area contributed by atoms with Crippen LogP contribution in [0.25, 0.3) is 17.0 Å². The maximum absolute atomic E-state index is 13.3. The Kier molecular flexibility index (Phi) is 6.69. The van der Waals surface area contributed by atoms with E-state index >= 15 is 0 Å². The van der Waals surface area contributed by atoms with Crippen LogP contribution in [0.3, 0.4) is 0 Å². The first-order valence-corrected chi connectivity index (χ1v) is 12.4. The number of nitrogens with zero attached hydrogens (tertiary/aromatic N) is 2. The number of likely N-dealkylation sites (tertiary alicyclic amines) is 1. The second-order valence-corrected chi connectivity index (χ2v) is 9.29. The van der Waals surface area contributed by atoms with Crippen LogP contribution in [-0.2, 0) is 6.54 Å². The van der Waals surface area contributed by atoms with Gasteiger partial charge in [-0.2, -0.15) is 0 Å². The van der Waals surface area contributed by atoms with Gasteiger partial charge in [0, 0.05) is 48.0 Å². The highest BCUT2D eigenvalue weighted by Gasteiger charge is 2.29. The Hall–Kier alpha value is -3.78. The van der Waals surface area contributed by atoms with Gasteiger partial charge in [0.15, 0.2) is 5.76 Å². The summed E-state index contributed by atoms with van der Waals surface area (Å²) in [6.45, 7) is 6.27. The number of benzene rings is 2. The Morgan fingerprint density at radius 1 is 1.11 bits per heavy atom. The molecule has 0 bridgehead atoms. The third-order valence-corrected chi connectivity index (χ3v) is 7.10. The van der Waals surface area contributed by atoms with Gasteiger partial charge in [0.1, 0.15) is 11.5 Å². The second-order valence-electron chi connectivity index (χ2n) is 9.29. The van der Waals surface area contributed by atoms with E-state index in [0.717, 1.165) is 54.1 Å². The molecular formula is C28H32N4O4. The summed E-state index contributed by atoms with van der Waals surface area (Å²) in [5.41, 5.74) is 4.09. The highest BCUT2D eigenvalue weighted by Crippen LogP contribution is 2.36. The number of carbonyl (C=O) groups excluding carboxylic acids is 2. The lowest BCUT2D eigenvalue weighted by Gasteiger charge is -2.26. The Morgan fingerprint density at radius 2 is 1.92 bits per heavy atom. The van der Waals surface area contributed by atoms with Gasteiger partial charge in [0.05, 0.1) is 12.7 Å². The molecule has 0 atom stereocenters. The summed E-state index contributed by atoms with van der Waals surface area (Å²) in [4.78, 5) is 27.5. The van der Waals surface area contributed by atoms with Gasteiger partial charge in [0.25, 0.3) is 0 Å². The van der Waals surface area contributed by atoms with E-state index in [0.29, 0.717) is 17.0 Å². The molecule has 1 fully saturated rings. The molecule has 8 heteroatoms. The number of hydrogen-bond donors (Lipinski definition) is 2. The molecule has 8 nitrogen and oxygen atoms in total. The molecule has 188 valence electrons. The van der Waals surface area contributed by atoms with Crippen LogP contribution in [0, 0.1) is 6.92 Å². The van der Waals surface area contributed by atoms with Gasteiger partial charge in [-0.25, -0.2) is 4.79 Å². The van der Waals surface area contributed by atoms with Gasteiger partial charge in [-0.15, -0.1) is 0 Å². The van der Waals surface area contributed by atoms with Crippen LogP contribution in [-0.4, -0.2) is 55.1 Å². The summed E-state index contributed by atoms with van der Waals surface area (Å²) in [5, 5.41) is 6.23. The number of rotatable bonds is 6. The number of aromatic nitrogens is 1. The van der Waals surface area contributed by atoms with E-state index in [-0.39, 0.29) is 17.6 Å². The SMILES string of the molecule is CNC(=O)Nc1ccc2c(c1)C(=O)C(=Cc1c(C)n(CCN3CCCCC3)c3ccc(OC)cc13)O2. The highest BCUT2D eigenvalue weighted by atomic mass is 16.5. The van der Waals surface area contributed by atoms with E-state index in [1.807, 2.05) is 18.2 Å². The van der Waals surface area contributed by atoms with Crippen molar-refractivity contribution in [2.24, 2.45) is 0 Å². The number of anilines is 1. The van der Waals surface area contributed by atoms with Gasteiger partial charge >= 0.3 is 6.03 Å². The minimum Gasteiger partial charge on any atom is -0.497 e. The lowest BCUT2D eigenvalue weighted by Crippen LogP contribution is -2.32. The molecule has 2 aliphatic heterocycles. The van der Waals surface area contributed by atoms with E-state index in [4.69, 9.17) is 9.47 Å². The highest BCUT2D eigenvalue weighted by molar-refractivity contribution is 6.16. The Labute approximate surface area is 210 Å². The standard InChI is InChI=1S/C28H32N4O4/c1-18-21(17-26-27(33)23-15-19(30-28(34)29-2)7-10-25(23)36-26)22-16-20(35-3)8-9-24(22)32(18)14-13-31-11-5-4-6-12-31/h7-10,15-17H,4-6,11-14H2,1-3H3,(H2,29,30,34). The average molecular weight is 489 g/mol. The zero-order chi connectivity index (χ0) is 25.2. The minimum atomic E-state index is -0.348. The number of allylic oxidation sites excluding steroid dienone is 1. The van der Waals surface area contributed by atoms with Crippen molar-refractivity contribution >= 4 is 34.5 Å². The molecule has 3 aromatic rings. The van der Waals surface area contributed by atoms with E-state index < -0.39 is 0 Å². The predicted molar refractivity (Wildman–Crippen MR) is 141 cm³/mol. The third kappa shape index (κ3) is 4.56. The first kappa shape index (κ1) is 23.9. The monoisotopic (exact) mass is 488 g/mol. The molecule has 3 heterocycles. The van der Waals surface area contributed by atoms with Crippen LogP contribution in [0.1, 0.15) is 40.9 Å². The number of methoxy groups -OCH3 is 1. The molecule has 1 saturated heterocycles. The Balaban J connectivity index is 1.49. The van der Waals surface area contributed by atoms with Gasteiger partial charge in [-0.1, -0.05) is 6.42 Å². The van der Waals surface area contributed by atoms with Crippen molar-refractivity contribution in [3.8, 4) is 11.5 Å². The molecule has 1 aromatic heterocycles. The van der Waals surface area contributed by atoms with Crippen molar-refractivity contribution in [1.82, 2.24) is 14.8 Å². The summed E-state index contributed by atoms with van der Waals surface area (Å²) in [7, 11) is 3.20. The van der Waals surface area contributed by atoms with E-state index in [1.165, 1.54) is 26.3 Å². The summed E-state index contributed by atoms with van der Waals surface area (Å²) in [5.74, 6) is 1.31. The van der Waals surface area contributed by atoms with E-state index in [9.17, 15) is 9.59 Å². The summed E-state index contributed by atoms with van der Waals surface area (Å²) < 4.78 is 13.8. The second kappa shape index (κ2) is 10.1. The van der Waals surface area contributed by atoms with Crippen LogP contribution in [0.15, 0.2) is 42.2 Å². The van der Waals surface area contributed by atoms with Gasteiger partial charge in [-0.3, -0.25) is 4.79 Å². The molecule has 2 amide bonds. The molecular weight excluding hydrogens is 456 g/mol. The molecule has 5 rings (SSSR count). The number of hydrogen-bond acceptors (Lipinski definition) is 5. The van der Waals surface area contributed by atoms with Crippen LogP contribution >= 0.6 is 0 Å². The van der Waals surface area contributed by atoms with Crippen LogP contribution in [0.4, 0.5) is 10.5 Å². The van der Waals surface area contributed by atoms with Crippen LogP contribution < -0.4 is 20.1 Å². The lowest BCUT2D eigenvalue weighted by atomic mass is 10.1. The van der Waals surface area contributed by atoms with E-state index in [1.54, 1.807) is 25.3 Å². The first-order valence-electron chi connectivity index (χ1n) is 12.4. The van der Waals surface area contributed by atoms with Crippen LogP contribution in [0.2, 0.25) is 0 Å². The summed E-state index contributed by atoms with van der Waals surface area (Å²) >= 11 is 0. The Bertz CT molecular complexity index is 1350. The number of piperidine rings is 1. The third-order valence-electron chi connectivity index (χ3n) is 7.10. The largest absolute Gasteiger partial charge is 0.497 e. The number of nitrogens with one attached hydrogen (secondary N) is 2. The lowest BCUT2D eigenvalue weighted by molar-refractivity contribution is 0.101. The Morgan fingerprint density at radius 3 is 2.67 bits per heavy atom. The smallest absolute Gasteiger partial charge is 0.318 e. The topological polar surface area (TPSA) is 84.8 Å². The fourth-order valence-electron chi connectivity index (χ4n) is 5.10. The van der Waals surface area contributed by atoms with Gasteiger partial charge < -0.3 is 29.6 Å². The van der Waals surface area contributed by atoms with Gasteiger partial charge in [-0.05, 0) is 75.3 Å². The first-order chi connectivity index (χ1) is 17.5. The fourth-order valence-corrected chi connectivity index (χ4v) is 5.10. The molecule has 2 N–H and O–H groups in total. The van der Waals surface area contributed by atoms with Gasteiger partial charge in [0.2, 0.25) is 5.78 Å². The zero-order valence-corrected chi connectivity index (χ0v) is 21.0. The molecule has 0 aliphatic carbocycles. The molecule has 0 spiro atoms. The van der Waals surface area contributed by atoms with Crippen molar-refractivity contribution in [2.45, 2.75) is 32.7 Å². The van der Waals surface area contributed by atoms with Crippen molar-refractivity contribution in [1.29, 1.82) is 0 Å². The van der Waals surface area contributed by atoms with E-state index in [2.05, 4.69) is 33.1 Å². The molecule has 2 aromatic carbocycles. The van der Waals surface area contributed by atoms with Crippen molar-refractivity contribution in [3.05, 3.63) is 59.0 Å². The summed E-state index contributed by atoms with van der Waals surface area (Å²) in [6.07, 6.45) is 5.68. The molecule has 0 saturated carbocycles. The van der Waals surface area contributed by atoms with Crippen molar-refractivity contribution in [3.63, 3.8) is 0 Å². The molecule has 36 heavy (non-hydrogen) atoms. The number of amides is 2. The zero-order valence-electron chi connectivity index (χ0n) is 21.0. The number of carbonyl (C=O) groups is 2. The van der Waals surface area contributed by atoms with Crippen LogP contribution in [0.5, 0.6) is 11.5 Å². The van der Waals surface area contributed by atoms with Crippen molar-refractivity contribution in [2.75, 3.05) is 39.1 Å². The molecule has 0 unspecified atom stereocenters. The summed E-state index contributed by atoms with van der Waals surface area (Å²) in [6, 6.07) is 10.8.